The van der Waals surface area contributed by atoms with Crippen molar-refractivity contribution >= 4 is 5.91 Å². The zero-order valence-electron chi connectivity index (χ0n) is 14.1. The van der Waals surface area contributed by atoms with Gasteiger partial charge >= 0.3 is 0 Å². The molecule has 1 amide bonds. The predicted octanol–water partition coefficient (Wildman–Crippen LogP) is 0.697. The number of hydrogen-bond donors (Lipinski definition) is 4. The van der Waals surface area contributed by atoms with Gasteiger partial charge in [0.05, 0.1) is 12.6 Å². The second-order valence-electron chi connectivity index (χ2n) is 6.66. The van der Waals surface area contributed by atoms with E-state index in [2.05, 4.69) is 21.4 Å². The molecule has 2 atom stereocenters. The maximum atomic E-state index is 12.3. The molecule has 0 radical (unpaired) electrons. The number of nitrogens with one attached hydrogen (secondary N) is 4. The predicted molar refractivity (Wildman–Crippen MR) is 93.2 cm³/mol. The first-order valence-corrected chi connectivity index (χ1v) is 8.97. The van der Waals surface area contributed by atoms with E-state index in [1.165, 1.54) is 0 Å². The molecule has 2 aliphatic rings. The molecule has 2 heterocycles. The van der Waals surface area contributed by atoms with E-state index in [0.29, 0.717) is 12.6 Å². The highest BCUT2D eigenvalue weighted by Gasteiger charge is 2.27. The normalized spacial score (nSPS) is 25.3. The van der Waals surface area contributed by atoms with Gasteiger partial charge in [0.15, 0.2) is 0 Å². The summed E-state index contributed by atoms with van der Waals surface area (Å²) in [4.78, 5) is 17.9. The number of rotatable bonds is 6. The third-order valence-electron chi connectivity index (χ3n) is 4.75. The van der Waals surface area contributed by atoms with Crippen LogP contribution in [0, 0.1) is 0 Å². The van der Waals surface area contributed by atoms with Crippen LogP contribution in [0.1, 0.15) is 31.2 Å². The summed E-state index contributed by atoms with van der Waals surface area (Å²) in [5.41, 5.74) is 4.25. The third kappa shape index (κ3) is 5.27. The Balaban J connectivity index is 1.32. The molecule has 2 aliphatic heterocycles. The zero-order chi connectivity index (χ0) is 16.6. The summed E-state index contributed by atoms with van der Waals surface area (Å²) in [7, 11) is 0. The third-order valence-corrected chi connectivity index (χ3v) is 4.75. The first kappa shape index (κ1) is 17.4. The van der Waals surface area contributed by atoms with Crippen molar-refractivity contribution in [3.8, 4) is 0 Å². The highest BCUT2D eigenvalue weighted by molar-refractivity contribution is 5.82. The van der Waals surface area contributed by atoms with Gasteiger partial charge in [0.25, 0.3) is 0 Å². The van der Waals surface area contributed by atoms with Crippen LogP contribution < -0.4 is 21.4 Å². The van der Waals surface area contributed by atoms with Gasteiger partial charge in [-0.1, -0.05) is 30.3 Å². The summed E-state index contributed by atoms with van der Waals surface area (Å²) in [6.45, 7) is 3.29. The minimum Gasteiger partial charge on any atom is -0.352 e. The van der Waals surface area contributed by atoms with Crippen molar-refractivity contribution in [1.29, 1.82) is 0 Å². The summed E-state index contributed by atoms with van der Waals surface area (Å²) in [5, 5.41) is 9.83. The number of piperidine rings is 2. The van der Waals surface area contributed by atoms with Crippen molar-refractivity contribution in [2.45, 2.75) is 50.4 Å². The monoisotopic (exact) mass is 332 g/mol. The van der Waals surface area contributed by atoms with Crippen molar-refractivity contribution in [2.75, 3.05) is 19.6 Å². The molecule has 0 spiro atoms. The van der Waals surface area contributed by atoms with Gasteiger partial charge in [-0.15, -0.1) is 0 Å². The summed E-state index contributed by atoms with van der Waals surface area (Å²) in [6, 6.07) is 10.6. The molecule has 6 nitrogen and oxygen atoms in total. The SMILES string of the molecule is O=C(NC1CCNCC1)[C@@H]1CC[C@@H](NOCc2ccccc2)CN1. The van der Waals surface area contributed by atoms with E-state index < -0.39 is 0 Å². The molecule has 0 aromatic heterocycles. The lowest BCUT2D eigenvalue weighted by atomic mass is 9.99. The minimum absolute atomic E-state index is 0.0768. The second-order valence-corrected chi connectivity index (χ2v) is 6.66. The molecule has 132 valence electrons. The molecule has 0 aliphatic carbocycles. The Labute approximate surface area is 143 Å². The van der Waals surface area contributed by atoms with Crippen LogP contribution in [0.4, 0.5) is 0 Å². The molecule has 2 fully saturated rings. The van der Waals surface area contributed by atoms with Crippen molar-refractivity contribution in [3.63, 3.8) is 0 Å². The van der Waals surface area contributed by atoms with Gasteiger partial charge in [-0.3, -0.25) is 9.63 Å². The fourth-order valence-corrected chi connectivity index (χ4v) is 3.27. The Hall–Kier alpha value is -1.47. The molecule has 0 saturated carbocycles. The highest BCUT2D eigenvalue weighted by Crippen LogP contribution is 2.11. The summed E-state index contributed by atoms with van der Waals surface area (Å²) in [5.74, 6) is 0.144. The van der Waals surface area contributed by atoms with Crippen LogP contribution in [0.15, 0.2) is 30.3 Å². The number of hydroxylamine groups is 1. The lowest BCUT2D eigenvalue weighted by Crippen LogP contribution is -2.55. The number of carbonyl (C=O) groups excluding carboxylic acids is 1. The van der Waals surface area contributed by atoms with Crippen LogP contribution >= 0.6 is 0 Å². The molecule has 24 heavy (non-hydrogen) atoms. The molecule has 6 heteroatoms. The molecule has 1 aromatic carbocycles. The van der Waals surface area contributed by atoms with Gasteiger partial charge in [-0.25, -0.2) is 0 Å². The van der Waals surface area contributed by atoms with Crippen LogP contribution in [0.2, 0.25) is 0 Å². The Morgan fingerprint density at radius 1 is 1.08 bits per heavy atom. The average molecular weight is 332 g/mol. The first-order valence-electron chi connectivity index (χ1n) is 8.97. The summed E-state index contributed by atoms with van der Waals surface area (Å²) < 4.78 is 0. The van der Waals surface area contributed by atoms with Crippen molar-refractivity contribution in [1.82, 2.24) is 21.4 Å². The maximum Gasteiger partial charge on any atom is 0.237 e. The molecule has 2 saturated heterocycles. The van der Waals surface area contributed by atoms with E-state index in [0.717, 1.165) is 50.9 Å². The Kier molecular flexibility index (Phi) is 6.60. The number of carbonyl (C=O) groups is 1. The number of hydrogen-bond acceptors (Lipinski definition) is 5. The van der Waals surface area contributed by atoms with Crippen molar-refractivity contribution < 1.29 is 9.63 Å². The molecular weight excluding hydrogens is 304 g/mol. The van der Waals surface area contributed by atoms with Crippen LogP contribution in [-0.2, 0) is 16.2 Å². The highest BCUT2D eigenvalue weighted by atomic mass is 16.6. The van der Waals surface area contributed by atoms with Crippen LogP contribution in [-0.4, -0.2) is 43.7 Å². The standard InChI is InChI=1S/C18H28N4O2/c23-18(21-15-8-10-19-11-9-15)17-7-6-16(12-20-17)22-24-13-14-4-2-1-3-5-14/h1-5,15-17,19-20,22H,6-13H2,(H,21,23)/t16-,17+/m1/s1. The average Bonchev–Trinajstić information content (AvgIpc) is 2.64. The van der Waals surface area contributed by atoms with Crippen molar-refractivity contribution in [2.24, 2.45) is 0 Å². The largest absolute Gasteiger partial charge is 0.352 e. The summed E-state index contributed by atoms with van der Waals surface area (Å²) >= 11 is 0. The van der Waals surface area contributed by atoms with Gasteiger partial charge in [-0.05, 0) is 44.3 Å². The number of amides is 1. The second kappa shape index (κ2) is 9.13. The zero-order valence-corrected chi connectivity index (χ0v) is 14.1. The molecule has 0 unspecified atom stereocenters. The fraction of sp³-hybridized carbons (Fsp3) is 0.611. The van der Waals surface area contributed by atoms with E-state index in [-0.39, 0.29) is 18.0 Å². The quantitative estimate of drug-likeness (QED) is 0.577. The van der Waals surface area contributed by atoms with E-state index >= 15 is 0 Å². The lowest BCUT2D eigenvalue weighted by Gasteiger charge is -2.31. The van der Waals surface area contributed by atoms with E-state index in [9.17, 15) is 4.79 Å². The van der Waals surface area contributed by atoms with Crippen LogP contribution in [0.25, 0.3) is 0 Å². The molecule has 1 aromatic rings. The van der Waals surface area contributed by atoms with Gasteiger partial charge in [0.2, 0.25) is 5.91 Å². The molecule has 4 N–H and O–H groups in total. The Bertz CT molecular complexity index is 497. The van der Waals surface area contributed by atoms with Gasteiger partial charge in [0.1, 0.15) is 0 Å². The van der Waals surface area contributed by atoms with Gasteiger partial charge in [0, 0.05) is 18.6 Å². The van der Waals surface area contributed by atoms with Crippen LogP contribution in [0.5, 0.6) is 0 Å². The minimum atomic E-state index is -0.0768. The Morgan fingerprint density at radius 3 is 2.58 bits per heavy atom. The molecule has 3 rings (SSSR count). The van der Waals surface area contributed by atoms with E-state index in [4.69, 9.17) is 4.84 Å². The van der Waals surface area contributed by atoms with Crippen molar-refractivity contribution in [3.05, 3.63) is 35.9 Å². The first-order chi connectivity index (χ1) is 11.8. The maximum absolute atomic E-state index is 12.3. The topological polar surface area (TPSA) is 74.4 Å². The van der Waals surface area contributed by atoms with Crippen LogP contribution in [0.3, 0.4) is 0 Å². The van der Waals surface area contributed by atoms with E-state index in [1.54, 1.807) is 0 Å². The lowest BCUT2D eigenvalue weighted by molar-refractivity contribution is -0.125. The molecule has 0 bridgehead atoms. The Morgan fingerprint density at radius 2 is 1.88 bits per heavy atom. The summed E-state index contributed by atoms with van der Waals surface area (Å²) in [6.07, 6.45) is 3.82. The number of benzene rings is 1. The van der Waals surface area contributed by atoms with E-state index in [1.807, 2.05) is 30.3 Å². The smallest absolute Gasteiger partial charge is 0.237 e. The fourth-order valence-electron chi connectivity index (χ4n) is 3.27. The molecular formula is C18H28N4O2. The van der Waals surface area contributed by atoms with Gasteiger partial charge < -0.3 is 16.0 Å². The van der Waals surface area contributed by atoms with Gasteiger partial charge in [-0.2, -0.15) is 5.48 Å².